The average Bonchev–Trinajstić information content (AvgIpc) is 2.37. The molecule has 0 aliphatic carbocycles. The van der Waals surface area contributed by atoms with Crippen LogP contribution in [0.4, 0.5) is 10.2 Å². The summed E-state index contributed by atoms with van der Waals surface area (Å²) < 4.78 is 20.1. The number of halogens is 2. The van der Waals surface area contributed by atoms with Crippen LogP contribution in [0.25, 0.3) is 0 Å². The van der Waals surface area contributed by atoms with Crippen LogP contribution in [-0.4, -0.2) is 9.97 Å². The summed E-state index contributed by atoms with van der Waals surface area (Å²) in [7, 11) is 0. The average molecular weight is 354 g/mol. The van der Waals surface area contributed by atoms with Gasteiger partial charge >= 0.3 is 0 Å². The fourth-order valence-electron chi connectivity index (χ4n) is 1.61. The Labute approximate surface area is 131 Å². The van der Waals surface area contributed by atoms with Gasteiger partial charge in [0, 0.05) is 9.89 Å². The molecule has 0 atom stereocenters. The first kappa shape index (κ1) is 15.7. The number of nitrogens with two attached hydrogens (primary N) is 1. The number of aromatic nitrogens is 2. The van der Waals surface area contributed by atoms with Gasteiger partial charge in [-0.3, -0.25) is 0 Å². The lowest BCUT2D eigenvalue weighted by Gasteiger charge is -2.19. The molecule has 1 heterocycles. The molecule has 1 aromatic carbocycles. The van der Waals surface area contributed by atoms with Gasteiger partial charge in [0.25, 0.3) is 0 Å². The lowest BCUT2D eigenvalue weighted by molar-refractivity contribution is 0.414. The van der Waals surface area contributed by atoms with Gasteiger partial charge < -0.3 is 10.5 Å². The Morgan fingerprint density at radius 2 is 1.90 bits per heavy atom. The number of rotatable bonds is 2. The van der Waals surface area contributed by atoms with Crippen LogP contribution in [0, 0.1) is 12.7 Å². The van der Waals surface area contributed by atoms with Crippen LogP contribution in [0.1, 0.15) is 32.2 Å². The van der Waals surface area contributed by atoms with Crippen LogP contribution in [-0.2, 0) is 5.41 Å². The maximum atomic E-state index is 13.8. The topological polar surface area (TPSA) is 61.0 Å². The van der Waals surface area contributed by atoms with E-state index in [9.17, 15) is 4.39 Å². The van der Waals surface area contributed by atoms with E-state index in [1.165, 1.54) is 6.07 Å². The van der Waals surface area contributed by atoms with Crippen LogP contribution >= 0.6 is 15.9 Å². The van der Waals surface area contributed by atoms with Crippen LogP contribution in [0.2, 0.25) is 0 Å². The number of nitrogen functional groups attached to an aromatic ring is 1. The Morgan fingerprint density at radius 3 is 2.52 bits per heavy atom. The minimum absolute atomic E-state index is 0.0884. The zero-order valence-electron chi connectivity index (χ0n) is 12.4. The molecular formula is C15H17BrFN3O. The molecule has 0 saturated carbocycles. The van der Waals surface area contributed by atoms with Crippen molar-refractivity contribution in [2.24, 2.45) is 0 Å². The van der Waals surface area contributed by atoms with Gasteiger partial charge in [0.15, 0.2) is 11.6 Å². The van der Waals surface area contributed by atoms with Gasteiger partial charge in [0.05, 0.1) is 5.56 Å². The highest BCUT2D eigenvalue weighted by atomic mass is 79.9. The molecule has 6 heteroatoms. The Morgan fingerprint density at radius 1 is 1.24 bits per heavy atom. The molecule has 0 fully saturated rings. The molecule has 4 nitrogen and oxygen atoms in total. The molecule has 2 aromatic rings. The lowest BCUT2D eigenvalue weighted by atomic mass is 9.95. The number of hydrogen-bond acceptors (Lipinski definition) is 4. The smallest absolute Gasteiger partial charge is 0.227 e. The minimum atomic E-state index is -0.466. The molecule has 0 aliphatic rings. The number of nitrogens with zero attached hydrogens (tertiary/aromatic N) is 2. The van der Waals surface area contributed by atoms with Crippen molar-refractivity contribution in [3.63, 3.8) is 0 Å². The summed E-state index contributed by atoms with van der Waals surface area (Å²) in [5.41, 5.74) is 6.21. The Bertz CT molecular complexity index is 683. The van der Waals surface area contributed by atoms with Crippen molar-refractivity contribution in [2.45, 2.75) is 33.1 Å². The largest absolute Gasteiger partial charge is 0.435 e. The maximum Gasteiger partial charge on any atom is 0.227 e. The fourth-order valence-corrected chi connectivity index (χ4v) is 1.95. The third-order valence-corrected chi connectivity index (χ3v) is 3.40. The standard InChI is InChI=1S/C15H17BrFN3O/c1-8-12(18)19-14(15(2,3)4)20-13(8)21-11-7-9(16)5-6-10(11)17/h5-7H,1-4H3,(H2,18,19,20). The second-order valence-electron chi connectivity index (χ2n) is 5.79. The second-order valence-corrected chi connectivity index (χ2v) is 6.71. The van der Waals surface area contributed by atoms with Crippen molar-refractivity contribution in [1.82, 2.24) is 9.97 Å². The molecule has 112 valence electrons. The Kier molecular flexibility index (Phi) is 4.18. The Hall–Kier alpha value is -1.69. The van der Waals surface area contributed by atoms with Gasteiger partial charge in [-0.05, 0) is 25.1 Å². The SMILES string of the molecule is Cc1c(N)nc(C(C)(C)C)nc1Oc1cc(Br)ccc1F. The van der Waals surface area contributed by atoms with Crippen molar-refractivity contribution in [2.75, 3.05) is 5.73 Å². The van der Waals surface area contributed by atoms with E-state index in [1.807, 2.05) is 20.8 Å². The molecule has 0 radical (unpaired) electrons. The second kappa shape index (κ2) is 5.60. The highest BCUT2D eigenvalue weighted by molar-refractivity contribution is 9.10. The summed E-state index contributed by atoms with van der Waals surface area (Å²) in [6.45, 7) is 7.66. The first-order valence-corrected chi connectivity index (χ1v) is 7.25. The molecule has 0 spiro atoms. The van der Waals surface area contributed by atoms with Gasteiger partial charge in [-0.25, -0.2) is 9.37 Å². The summed E-state index contributed by atoms with van der Waals surface area (Å²) in [6.07, 6.45) is 0. The van der Waals surface area contributed by atoms with Crippen LogP contribution < -0.4 is 10.5 Å². The monoisotopic (exact) mass is 353 g/mol. The first-order chi connectivity index (χ1) is 9.68. The van der Waals surface area contributed by atoms with Crippen LogP contribution in [0.3, 0.4) is 0 Å². The number of benzene rings is 1. The summed E-state index contributed by atoms with van der Waals surface area (Å²) in [6, 6.07) is 4.47. The van der Waals surface area contributed by atoms with E-state index in [2.05, 4.69) is 25.9 Å². The van der Waals surface area contributed by atoms with Gasteiger partial charge in [0.2, 0.25) is 5.88 Å². The van der Waals surface area contributed by atoms with Gasteiger partial charge in [-0.1, -0.05) is 36.7 Å². The summed E-state index contributed by atoms with van der Waals surface area (Å²) in [5.74, 6) is 0.776. The van der Waals surface area contributed by atoms with Crippen molar-refractivity contribution < 1.29 is 9.13 Å². The van der Waals surface area contributed by atoms with Gasteiger partial charge in [0.1, 0.15) is 11.6 Å². The van der Waals surface area contributed by atoms with E-state index in [0.29, 0.717) is 17.2 Å². The highest BCUT2D eigenvalue weighted by Gasteiger charge is 2.21. The molecule has 0 amide bonds. The van der Waals surface area contributed by atoms with Crippen molar-refractivity contribution in [3.05, 3.63) is 39.9 Å². The zero-order chi connectivity index (χ0) is 15.8. The molecule has 0 saturated heterocycles. The molecule has 0 unspecified atom stereocenters. The normalized spacial score (nSPS) is 11.5. The van der Waals surface area contributed by atoms with Crippen LogP contribution in [0.15, 0.2) is 22.7 Å². The van der Waals surface area contributed by atoms with Crippen LogP contribution in [0.5, 0.6) is 11.6 Å². The van der Waals surface area contributed by atoms with E-state index in [1.54, 1.807) is 19.1 Å². The molecule has 1 aromatic heterocycles. The van der Waals surface area contributed by atoms with E-state index in [0.717, 1.165) is 4.47 Å². The first-order valence-electron chi connectivity index (χ1n) is 6.46. The third kappa shape index (κ3) is 3.50. The fraction of sp³-hybridized carbons (Fsp3) is 0.333. The number of hydrogen-bond donors (Lipinski definition) is 1. The summed E-state index contributed by atoms with van der Waals surface area (Å²) in [4.78, 5) is 8.65. The number of ether oxygens (including phenoxy) is 1. The molecule has 0 aliphatic heterocycles. The molecule has 0 bridgehead atoms. The van der Waals surface area contributed by atoms with Crippen molar-refractivity contribution in [3.8, 4) is 11.6 Å². The zero-order valence-corrected chi connectivity index (χ0v) is 14.0. The number of anilines is 1. The third-order valence-electron chi connectivity index (χ3n) is 2.91. The molecular weight excluding hydrogens is 337 g/mol. The maximum absolute atomic E-state index is 13.8. The quantitative estimate of drug-likeness (QED) is 0.871. The highest BCUT2D eigenvalue weighted by Crippen LogP contribution is 2.31. The lowest BCUT2D eigenvalue weighted by Crippen LogP contribution is -2.18. The van der Waals surface area contributed by atoms with Gasteiger partial charge in [-0.15, -0.1) is 0 Å². The molecule has 2 N–H and O–H groups in total. The predicted molar refractivity (Wildman–Crippen MR) is 84.1 cm³/mol. The predicted octanol–water partition coefficient (Wildman–Crippen LogP) is 4.36. The van der Waals surface area contributed by atoms with Gasteiger partial charge in [-0.2, -0.15) is 4.98 Å². The molecule has 21 heavy (non-hydrogen) atoms. The van der Waals surface area contributed by atoms with Crippen molar-refractivity contribution in [1.29, 1.82) is 0 Å². The van der Waals surface area contributed by atoms with E-state index in [4.69, 9.17) is 10.5 Å². The van der Waals surface area contributed by atoms with E-state index in [-0.39, 0.29) is 17.0 Å². The summed E-state index contributed by atoms with van der Waals surface area (Å²) in [5, 5.41) is 0. The minimum Gasteiger partial charge on any atom is -0.435 e. The van der Waals surface area contributed by atoms with E-state index < -0.39 is 5.82 Å². The van der Waals surface area contributed by atoms with E-state index >= 15 is 0 Å². The Balaban J connectivity index is 2.49. The molecule has 2 rings (SSSR count). The summed E-state index contributed by atoms with van der Waals surface area (Å²) >= 11 is 3.28. The van der Waals surface area contributed by atoms with Crippen molar-refractivity contribution >= 4 is 21.7 Å².